The van der Waals surface area contributed by atoms with Gasteiger partial charge >= 0.3 is 0 Å². The molecule has 0 aliphatic rings. The molecule has 0 saturated heterocycles. The number of nitrogens with one attached hydrogen (secondary N) is 1. The number of aromatic nitrogens is 1. The van der Waals surface area contributed by atoms with E-state index in [1.54, 1.807) is 6.07 Å². The molecule has 2 rings (SSSR count). The van der Waals surface area contributed by atoms with Crippen molar-refractivity contribution in [3.63, 3.8) is 0 Å². The monoisotopic (exact) mass is 223 g/mol. The number of nitrogens with zero attached hydrogens (tertiary/aromatic N) is 2. The molecule has 0 fully saturated rings. The van der Waals surface area contributed by atoms with Crippen LogP contribution in [0, 0.1) is 18.3 Å². The van der Waals surface area contributed by atoms with Crippen molar-refractivity contribution in [3.8, 4) is 6.07 Å². The molecule has 3 nitrogen and oxygen atoms in total. The molecular formula is C14H13N3. The van der Waals surface area contributed by atoms with E-state index in [1.807, 2.05) is 43.3 Å². The molecule has 0 bridgehead atoms. The summed E-state index contributed by atoms with van der Waals surface area (Å²) in [6, 6.07) is 15.5. The molecule has 0 radical (unpaired) electrons. The number of aryl methyl sites for hydroxylation is 1. The van der Waals surface area contributed by atoms with Gasteiger partial charge in [-0.25, -0.2) is 0 Å². The highest BCUT2D eigenvalue weighted by Crippen LogP contribution is 2.11. The van der Waals surface area contributed by atoms with Crippen LogP contribution in [-0.2, 0) is 6.54 Å². The van der Waals surface area contributed by atoms with Crippen LogP contribution >= 0.6 is 0 Å². The predicted octanol–water partition coefficient (Wildman–Crippen LogP) is 2.87. The van der Waals surface area contributed by atoms with E-state index >= 15 is 0 Å². The Kier molecular flexibility index (Phi) is 3.37. The van der Waals surface area contributed by atoms with Gasteiger partial charge in [-0.3, -0.25) is 4.98 Å². The van der Waals surface area contributed by atoms with Gasteiger partial charge in [0.1, 0.15) is 0 Å². The lowest BCUT2D eigenvalue weighted by Crippen LogP contribution is -2.02. The van der Waals surface area contributed by atoms with Gasteiger partial charge in [0.2, 0.25) is 0 Å². The first-order valence-electron chi connectivity index (χ1n) is 5.44. The van der Waals surface area contributed by atoms with Crippen LogP contribution in [0.2, 0.25) is 0 Å². The summed E-state index contributed by atoms with van der Waals surface area (Å²) in [5, 5.41) is 12.0. The first kappa shape index (κ1) is 11.2. The van der Waals surface area contributed by atoms with Crippen molar-refractivity contribution in [2.24, 2.45) is 0 Å². The molecule has 84 valence electrons. The minimum atomic E-state index is 0.659. The average Bonchev–Trinajstić information content (AvgIpc) is 2.37. The van der Waals surface area contributed by atoms with Gasteiger partial charge in [-0.2, -0.15) is 5.26 Å². The molecule has 0 aliphatic carbocycles. The Balaban J connectivity index is 2.05. The SMILES string of the molecule is Cc1cccc(CNc2cccc(C#N)c2)n1. The van der Waals surface area contributed by atoms with Crippen molar-refractivity contribution in [1.82, 2.24) is 4.98 Å². The van der Waals surface area contributed by atoms with Gasteiger partial charge < -0.3 is 5.32 Å². The van der Waals surface area contributed by atoms with Crippen LogP contribution in [0.4, 0.5) is 5.69 Å². The van der Waals surface area contributed by atoms with Gasteiger partial charge in [-0.05, 0) is 37.3 Å². The Hall–Kier alpha value is -2.34. The van der Waals surface area contributed by atoms with Crippen LogP contribution < -0.4 is 5.32 Å². The van der Waals surface area contributed by atoms with Crippen LogP contribution in [0.25, 0.3) is 0 Å². The van der Waals surface area contributed by atoms with E-state index < -0.39 is 0 Å². The van der Waals surface area contributed by atoms with Gasteiger partial charge in [0.05, 0.1) is 23.9 Å². The largest absolute Gasteiger partial charge is 0.379 e. The highest BCUT2D eigenvalue weighted by atomic mass is 14.9. The van der Waals surface area contributed by atoms with Gasteiger partial charge in [0, 0.05) is 11.4 Å². The molecule has 1 aromatic heterocycles. The Labute approximate surface area is 101 Å². The highest BCUT2D eigenvalue weighted by molar-refractivity contribution is 5.49. The molecule has 17 heavy (non-hydrogen) atoms. The normalized spacial score (nSPS) is 9.65. The van der Waals surface area contributed by atoms with Crippen molar-refractivity contribution < 1.29 is 0 Å². The zero-order valence-electron chi connectivity index (χ0n) is 9.64. The van der Waals surface area contributed by atoms with Crippen molar-refractivity contribution in [1.29, 1.82) is 5.26 Å². The first-order valence-corrected chi connectivity index (χ1v) is 5.44. The lowest BCUT2D eigenvalue weighted by atomic mass is 10.2. The third kappa shape index (κ3) is 3.05. The highest BCUT2D eigenvalue weighted by Gasteiger charge is 1.97. The van der Waals surface area contributed by atoms with E-state index in [0.29, 0.717) is 12.1 Å². The number of nitriles is 1. The fourth-order valence-corrected chi connectivity index (χ4v) is 1.59. The number of hydrogen-bond donors (Lipinski definition) is 1. The number of hydrogen-bond acceptors (Lipinski definition) is 3. The molecule has 0 saturated carbocycles. The molecule has 0 amide bonds. The summed E-state index contributed by atoms with van der Waals surface area (Å²) in [7, 11) is 0. The van der Waals surface area contributed by atoms with Crippen LogP contribution in [0.5, 0.6) is 0 Å². The van der Waals surface area contributed by atoms with Crippen molar-refractivity contribution in [2.75, 3.05) is 5.32 Å². The second-order valence-electron chi connectivity index (χ2n) is 3.82. The molecule has 1 heterocycles. The number of rotatable bonds is 3. The van der Waals surface area contributed by atoms with E-state index in [2.05, 4.69) is 16.4 Å². The Morgan fingerprint density at radius 1 is 1.24 bits per heavy atom. The van der Waals surface area contributed by atoms with Crippen LogP contribution in [0.3, 0.4) is 0 Å². The topological polar surface area (TPSA) is 48.7 Å². The fourth-order valence-electron chi connectivity index (χ4n) is 1.59. The lowest BCUT2D eigenvalue weighted by molar-refractivity contribution is 1.02. The second kappa shape index (κ2) is 5.13. The smallest absolute Gasteiger partial charge is 0.0992 e. The molecular weight excluding hydrogens is 210 g/mol. The minimum absolute atomic E-state index is 0.659. The summed E-state index contributed by atoms with van der Waals surface area (Å²) >= 11 is 0. The van der Waals surface area contributed by atoms with Gasteiger partial charge in [-0.1, -0.05) is 12.1 Å². The summed E-state index contributed by atoms with van der Waals surface area (Å²) in [6.45, 7) is 2.64. The maximum Gasteiger partial charge on any atom is 0.0992 e. The maximum atomic E-state index is 8.79. The van der Waals surface area contributed by atoms with Crippen molar-refractivity contribution in [3.05, 3.63) is 59.4 Å². The fraction of sp³-hybridized carbons (Fsp3) is 0.143. The van der Waals surface area contributed by atoms with Crippen LogP contribution in [0.1, 0.15) is 17.0 Å². The number of anilines is 1. The Bertz CT molecular complexity index is 555. The Morgan fingerprint density at radius 3 is 2.82 bits per heavy atom. The number of benzene rings is 1. The molecule has 1 N–H and O–H groups in total. The molecule has 0 aliphatic heterocycles. The quantitative estimate of drug-likeness (QED) is 0.870. The average molecular weight is 223 g/mol. The van der Waals surface area contributed by atoms with E-state index in [0.717, 1.165) is 17.1 Å². The summed E-state index contributed by atoms with van der Waals surface area (Å²) in [5.41, 5.74) is 3.60. The van der Waals surface area contributed by atoms with Crippen LogP contribution in [-0.4, -0.2) is 4.98 Å². The summed E-state index contributed by atoms with van der Waals surface area (Å²) in [4.78, 5) is 4.40. The third-order valence-electron chi connectivity index (χ3n) is 2.41. The van der Waals surface area contributed by atoms with Gasteiger partial charge in [0.25, 0.3) is 0 Å². The van der Waals surface area contributed by atoms with E-state index in [9.17, 15) is 0 Å². The molecule has 2 aromatic rings. The second-order valence-corrected chi connectivity index (χ2v) is 3.82. The molecule has 3 heteroatoms. The predicted molar refractivity (Wildman–Crippen MR) is 67.5 cm³/mol. The summed E-state index contributed by atoms with van der Waals surface area (Å²) < 4.78 is 0. The zero-order chi connectivity index (χ0) is 12.1. The zero-order valence-corrected chi connectivity index (χ0v) is 9.64. The molecule has 0 unspecified atom stereocenters. The molecule has 0 spiro atoms. The Morgan fingerprint density at radius 2 is 2.06 bits per heavy atom. The van der Waals surface area contributed by atoms with E-state index in [1.165, 1.54) is 0 Å². The van der Waals surface area contributed by atoms with Gasteiger partial charge in [-0.15, -0.1) is 0 Å². The van der Waals surface area contributed by atoms with Crippen LogP contribution in [0.15, 0.2) is 42.5 Å². The van der Waals surface area contributed by atoms with Crippen molar-refractivity contribution >= 4 is 5.69 Å². The first-order chi connectivity index (χ1) is 8.28. The summed E-state index contributed by atoms with van der Waals surface area (Å²) in [6.07, 6.45) is 0. The molecule has 0 atom stereocenters. The van der Waals surface area contributed by atoms with E-state index in [-0.39, 0.29) is 0 Å². The maximum absolute atomic E-state index is 8.79. The standard InChI is InChI=1S/C14H13N3/c1-11-4-2-7-14(17-11)10-16-13-6-3-5-12(8-13)9-15/h2-8,16H,10H2,1H3. The third-order valence-corrected chi connectivity index (χ3v) is 2.41. The van der Waals surface area contributed by atoms with E-state index in [4.69, 9.17) is 5.26 Å². The minimum Gasteiger partial charge on any atom is -0.379 e. The number of pyridine rings is 1. The van der Waals surface area contributed by atoms with Gasteiger partial charge in [0.15, 0.2) is 0 Å². The summed E-state index contributed by atoms with van der Waals surface area (Å²) in [5.74, 6) is 0. The lowest BCUT2D eigenvalue weighted by Gasteiger charge is -2.06. The molecule has 1 aromatic carbocycles. The van der Waals surface area contributed by atoms with Crippen molar-refractivity contribution in [2.45, 2.75) is 13.5 Å².